The van der Waals surface area contributed by atoms with Crippen LogP contribution in [0.25, 0.3) is 0 Å². The number of hydrogen-bond donors (Lipinski definition) is 0. The van der Waals surface area contributed by atoms with Crippen LogP contribution in [0, 0.1) is 0 Å². The maximum absolute atomic E-state index is 5.35. The van der Waals surface area contributed by atoms with Gasteiger partial charge in [0, 0.05) is 50.3 Å². The van der Waals surface area contributed by atoms with Gasteiger partial charge in [-0.05, 0) is 19.8 Å². The zero-order chi connectivity index (χ0) is 18.6. The quantitative estimate of drug-likeness (QED) is 0.655. The number of aromatic nitrogens is 7. The van der Waals surface area contributed by atoms with Gasteiger partial charge in [0.15, 0.2) is 11.6 Å². The molecule has 1 fully saturated rings. The molecule has 3 aromatic rings. The Hall–Kier alpha value is -2.97. The first-order valence-electron chi connectivity index (χ1n) is 9.27. The number of ether oxygens (including phenoxy) is 1. The van der Waals surface area contributed by atoms with Crippen LogP contribution >= 0.6 is 0 Å². The van der Waals surface area contributed by atoms with Gasteiger partial charge in [0.2, 0.25) is 0 Å². The number of piperidine rings is 1. The lowest BCUT2D eigenvalue weighted by Gasteiger charge is -2.32. The lowest BCUT2D eigenvalue weighted by Crippen LogP contribution is -2.34. The molecular weight excluding hydrogens is 344 g/mol. The molecule has 1 aliphatic heterocycles. The van der Waals surface area contributed by atoms with Gasteiger partial charge in [0.1, 0.15) is 5.82 Å². The number of nitrogens with zero attached hydrogens (tertiary/aromatic N) is 8. The molecule has 142 valence electrons. The number of imidazole rings is 1. The van der Waals surface area contributed by atoms with Gasteiger partial charge in [-0.15, -0.1) is 10.2 Å². The molecule has 0 spiro atoms. The summed E-state index contributed by atoms with van der Waals surface area (Å²) in [6.45, 7) is 5.49. The average molecular weight is 368 g/mol. The monoisotopic (exact) mass is 368 g/mol. The highest BCUT2D eigenvalue weighted by Crippen LogP contribution is 2.32. The van der Waals surface area contributed by atoms with Crippen LogP contribution in [0.4, 0.5) is 5.82 Å². The number of anilines is 1. The molecule has 0 amide bonds. The lowest BCUT2D eigenvalue weighted by molar-refractivity contribution is 0.390. The van der Waals surface area contributed by atoms with E-state index in [1.54, 1.807) is 32.0 Å². The molecule has 0 saturated carbocycles. The van der Waals surface area contributed by atoms with Crippen molar-refractivity contribution in [2.24, 2.45) is 0 Å². The van der Waals surface area contributed by atoms with Crippen LogP contribution in [0.15, 0.2) is 31.1 Å². The normalized spacial score (nSPS) is 15.3. The van der Waals surface area contributed by atoms with E-state index in [9.17, 15) is 0 Å². The van der Waals surface area contributed by atoms with E-state index in [1.165, 1.54) is 0 Å². The van der Waals surface area contributed by atoms with E-state index in [0.29, 0.717) is 18.3 Å². The summed E-state index contributed by atoms with van der Waals surface area (Å²) < 4.78 is 9.61. The summed E-state index contributed by atoms with van der Waals surface area (Å²) in [6, 6.07) is 0. The fourth-order valence-electron chi connectivity index (χ4n) is 3.68. The van der Waals surface area contributed by atoms with E-state index < -0.39 is 0 Å². The SMILES string of the molecule is CCn1c(Cn2ccnc2)nnc1C1CCN(c2nccnc2OC)CC1. The summed E-state index contributed by atoms with van der Waals surface area (Å²) in [5, 5.41) is 8.98. The molecule has 1 saturated heterocycles. The van der Waals surface area contributed by atoms with Crippen molar-refractivity contribution in [3.05, 3.63) is 42.8 Å². The van der Waals surface area contributed by atoms with Crippen LogP contribution < -0.4 is 9.64 Å². The van der Waals surface area contributed by atoms with Crippen LogP contribution in [0.3, 0.4) is 0 Å². The zero-order valence-electron chi connectivity index (χ0n) is 15.7. The Labute approximate surface area is 158 Å². The molecule has 4 heterocycles. The van der Waals surface area contributed by atoms with Crippen molar-refractivity contribution in [1.82, 2.24) is 34.3 Å². The second-order valence-corrected chi connectivity index (χ2v) is 6.60. The molecule has 9 heteroatoms. The summed E-state index contributed by atoms with van der Waals surface area (Å²) in [7, 11) is 1.63. The smallest absolute Gasteiger partial charge is 0.257 e. The molecule has 27 heavy (non-hydrogen) atoms. The minimum absolute atomic E-state index is 0.396. The van der Waals surface area contributed by atoms with Gasteiger partial charge >= 0.3 is 0 Å². The molecule has 1 aliphatic rings. The zero-order valence-corrected chi connectivity index (χ0v) is 15.7. The van der Waals surface area contributed by atoms with Crippen molar-refractivity contribution in [2.45, 2.75) is 38.8 Å². The predicted molar refractivity (Wildman–Crippen MR) is 99.8 cm³/mol. The molecule has 0 N–H and O–H groups in total. The molecule has 0 aliphatic carbocycles. The fraction of sp³-hybridized carbons (Fsp3) is 0.500. The number of methoxy groups -OCH3 is 1. The molecule has 0 atom stereocenters. The Morgan fingerprint density at radius 2 is 1.93 bits per heavy atom. The maximum Gasteiger partial charge on any atom is 0.257 e. The Morgan fingerprint density at radius 3 is 2.63 bits per heavy atom. The average Bonchev–Trinajstić information content (AvgIpc) is 3.38. The lowest BCUT2D eigenvalue weighted by atomic mass is 9.96. The Morgan fingerprint density at radius 1 is 1.11 bits per heavy atom. The Kier molecular flexibility index (Phi) is 4.99. The minimum Gasteiger partial charge on any atom is -0.478 e. The summed E-state index contributed by atoms with van der Waals surface area (Å²) in [5.74, 6) is 3.85. The molecule has 0 bridgehead atoms. The first kappa shape index (κ1) is 17.4. The first-order valence-corrected chi connectivity index (χ1v) is 9.27. The fourth-order valence-corrected chi connectivity index (χ4v) is 3.68. The second kappa shape index (κ2) is 7.73. The molecule has 0 aromatic carbocycles. The third kappa shape index (κ3) is 3.49. The summed E-state index contributed by atoms with van der Waals surface area (Å²) in [4.78, 5) is 15.0. The maximum atomic E-state index is 5.35. The largest absolute Gasteiger partial charge is 0.478 e. The summed E-state index contributed by atoms with van der Waals surface area (Å²) in [5.41, 5.74) is 0. The van der Waals surface area contributed by atoms with E-state index >= 15 is 0 Å². The van der Waals surface area contributed by atoms with Crippen LogP contribution in [0.5, 0.6) is 5.88 Å². The van der Waals surface area contributed by atoms with E-state index in [4.69, 9.17) is 4.74 Å². The summed E-state index contributed by atoms with van der Waals surface area (Å²) >= 11 is 0. The standard InChI is InChI=1S/C18H24N8O/c1-3-26-15(12-24-11-8-19-13-24)22-23-16(26)14-4-9-25(10-5-14)17-18(27-2)21-7-6-20-17/h6-8,11,13-14H,3-5,9-10,12H2,1-2H3. The van der Waals surface area contributed by atoms with Gasteiger partial charge in [-0.25, -0.2) is 15.0 Å². The van der Waals surface area contributed by atoms with Gasteiger partial charge in [-0.1, -0.05) is 0 Å². The van der Waals surface area contributed by atoms with Crippen LogP contribution in [0.1, 0.15) is 37.3 Å². The van der Waals surface area contributed by atoms with Crippen molar-refractivity contribution in [3.63, 3.8) is 0 Å². The third-order valence-corrected chi connectivity index (χ3v) is 5.05. The number of hydrogen-bond acceptors (Lipinski definition) is 7. The molecular formula is C18H24N8O. The predicted octanol–water partition coefficient (Wildman–Crippen LogP) is 1.73. The van der Waals surface area contributed by atoms with Crippen molar-refractivity contribution >= 4 is 5.82 Å². The molecule has 4 rings (SSSR count). The molecule has 0 radical (unpaired) electrons. The van der Waals surface area contributed by atoms with Gasteiger partial charge < -0.3 is 18.8 Å². The Balaban J connectivity index is 1.47. The highest BCUT2D eigenvalue weighted by atomic mass is 16.5. The second-order valence-electron chi connectivity index (χ2n) is 6.60. The Bertz CT molecular complexity index is 867. The topological polar surface area (TPSA) is 86.8 Å². The van der Waals surface area contributed by atoms with Gasteiger partial charge in [-0.2, -0.15) is 0 Å². The molecule has 0 unspecified atom stereocenters. The van der Waals surface area contributed by atoms with E-state index in [2.05, 4.69) is 41.5 Å². The highest BCUT2D eigenvalue weighted by Gasteiger charge is 2.27. The van der Waals surface area contributed by atoms with Crippen LogP contribution in [0.2, 0.25) is 0 Å². The van der Waals surface area contributed by atoms with Crippen molar-refractivity contribution in [1.29, 1.82) is 0 Å². The van der Waals surface area contributed by atoms with Crippen molar-refractivity contribution < 1.29 is 4.74 Å². The van der Waals surface area contributed by atoms with Crippen LogP contribution in [-0.2, 0) is 13.1 Å². The van der Waals surface area contributed by atoms with E-state index in [1.807, 2.05) is 10.8 Å². The molecule has 3 aromatic heterocycles. The third-order valence-electron chi connectivity index (χ3n) is 5.05. The van der Waals surface area contributed by atoms with Crippen molar-refractivity contribution in [2.75, 3.05) is 25.1 Å². The van der Waals surface area contributed by atoms with Crippen molar-refractivity contribution in [3.8, 4) is 5.88 Å². The highest BCUT2D eigenvalue weighted by molar-refractivity contribution is 5.48. The number of rotatable bonds is 6. The van der Waals surface area contributed by atoms with Gasteiger partial charge in [-0.3, -0.25) is 0 Å². The molecule has 9 nitrogen and oxygen atoms in total. The van der Waals surface area contributed by atoms with Crippen LogP contribution in [-0.4, -0.2) is 54.5 Å². The first-order chi connectivity index (χ1) is 13.3. The van der Waals surface area contributed by atoms with Gasteiger partial charge in [0.25, 0.3) is 5.88 Å². The summed E-state index contributed by atoms with van der Waals surface area (Å²) in [6.07, 6.45) is 10.9. The van der Waals surface area contributed by atoms with E-state index in [-0.39, 0.29) is 0 Å². The van der Waals surface area contributed by atoms with Gasteiger partial charge in [0.05, 0.1) is 20.0 Å². The van der Waals surface area contributed by atoms with E-state index in [0.717, 1.165) is 49.9 Å². The minimum atomic E-state index is 0.396.